The second-order valence-corrected chi connectivity index (χ2v) is 7.34. The molecule has 3 aromatic rings. The van der Waals surface area contributed by atoms with Crippen LogP contribution in [0.3, 0.4) is 0 Å². The number of carbonyl (C=O) groups is 2. The summed E-state index contributed by atoms with van der Waals surface area (Å²) in [4.78, 5) is 30.9. The predicted octanol–water partition coefficient (Wildman–Crippen LogP) is 5.44. The molecule has 0 spiro atoms. The van der Waals surface area contributed by atoms with Gasteiger partial charge in [-0.25, -0.2) is 9.86 Å². The maximum atomic E-state index is 12.7. The van der Waals surface area contributed by atoms with Crippen LogP contribution < -0.4 is 10.4 Å². The van der Waals surface area contributed by atoms with Crippen LogP contribution in [0.15, 0.2) is 77.4 Å². The summed E-state index contributed by atoms with van der Waals surface area (Å²) in [7, 11) is 0. The molecule has 2 aromatic carbocycles. The van der Waals surface area contributed by atoms with E-state index >= 15 is 0 Å². The molecule has 1 heterocycles. The van der Waals surface area contributed by atoms with Gasteiger partial charge in [0.1, 0.15) is 0 Å². The van der Waals surface area contributed by atoms with Crippen molar-refractivity contribution in [1.82, 2.24) is 0 Å². The summed E-state index contributed by atoms with van der Waals surface area (Å²) in [6.45, 7) is 0. The van der Waals surface area contributed by atoms with E-state index in [1.54, 1.807) is 41.5 Å². The Morgan fingerprint density at radius 3 is 2.27 bits per heavy atom. The summed E-state index contributed by atoms with van der Waals surface area (Å²) in [5, 5.41) is 4.41. The first-order chi connectivity index (χ1) is 14.7. The van der Waals surface area contributed by atoms with Crippen LogP contribution >= 0.6 is 0 Å². The van der Waals surface area contributed by atoms with Gasteiger partial charge in [0.25, 0.3) is 5.91 Å². The summed E-state index contributed by atoms with van der Waals surface area (Å²) in [6, 6.07) is 19.5. The number of carbonyl (C=O) groups excluding carboxylic acids is 2. The first-order valence-corrected chi connectivity index (χ1v) is 10.2. The molecule has 0 atom stereocenters. The summed E-state index contributed by atoms with van der Waals surface area (Å²) < 4.78 is 5.16. The van der Waals surface area contributed by atoms with Crippen molar-refractivity contribution < 1.29 is 18.8 Å². The standard InChI is InChI=1S/C24H24N2O4/c27-23(25-22-12-7-17-29-22)18-13-15-21(16-14-18)26(20-10-5-2-6-11-20)30-24(28)19-8-3-1-4-9-19/h1,3-4,7-9,12-17,20H,2,5-6,10-11H2,(H,25,27). The molecule has 0 aliphatic heterocycles. The molecule has 0 radical (unpaired) electrons. The Hall–Kier alpha value is -3.54. The average Bonchev–Trinajstić information content (AvgIpc) is 3.31. The molecule has 0 unspecified atom stereocenters. The highest BCUT2D eigenvalue weighted by molar-refractivity contribution is 6.03. The Kier molecular flexibility index (Phi) is 6.13. The SMILES string of the molecule is O=C(Nc1ccco1)c1ccc(N(OC(=O)c2ccccc2)C2CCCCC2)cc1. The predicted molar refractivity (Wildman–Crippen MR) is 114 cm³/mol. The number of rotatable bonds is 6. The number of benzene rings is 2. The largest absolute Gasteiger partial charge is 0.449 e. The molecule has 1 aromatic heterocycles. The third kappa shape index (κ3) is 4.71. The minimum Gasteiger partial charge on any atom is -0.449 e. The number of hydrogen-bond acceptors (Lipinski definition) is 5. The van der Waals surface area contributed by atoms with Crippen molar-refractivity contribution >= 4 is 23.4 Å². The molecule has 1 aliphatic carbocycles. The number of amides is 1. The van der Waals surface area contributed by atoms with Crippen LogP contribution in [-0.2, 0) is 4.84 Å². The summed E-state index contributed by atoms with van der Waals surface area (Å²) in [5.41, 5.74) is 1.75. The topological polar surface area (TPSA) is 71.8 Å². The van der Waals surface area contributed by atoms with E-state index in [1.165, 1.54) is 12.7 Å². The van der Waals surface area contributed by atoms with Gasteiger partial charge in [0, 0.05) is 11.6 Å². The normalized spacial score (nSPS) is 14.1. The van der Waals surface area contributed by atoms with Crippen molar-refractivity contribution in [3.8, 4) is 0 Å². The summed E-state index contributed by atoms with van der Waals surface area (Å²) in [6.07, 6.45) is 6.83. The Bertz CT molecular complexity index is 962. The Balaban J connectivity index is 1.52. The van der Waals surface area contributed by atoms with E-state index in [9.17, 15) is 9.59 Å². The highest BCUT2D eigenvalue weighted by Gasteiger charge is 2.26. The molecule has 1 aliphatic rings. The zero-order valence-corrected chi connectivity index (χ0v) is 16.6. The lowest BCUT2D eigenvalue weighted by Gasteiger charge is -2.34. The molecule has 1 amide bonds. The highest BCUT2D eigenvalue weighted by Crippen LogP contribution is 2.28. The van der Waals surface area contributed by atoms with Crippen molar-refractivity contribution in [3.05, 3.63) is 84.1 Å². The molecular weight excluding hydrogens is 380 g/mol. The fourth-order valence-corrected chi connectivity index (χ4v) is 3.66. The van der Waals surface area contributed by atoms with Crippen molar-refractivity contribution in [2.24, 2.45) is 0 Å². The number of anilines is 2. The van der Waals surface area contributed by atoms with Crippen LogP contribution in [0.25, 0.3) is 0 Å². The quantitative estimate of drug-likeness (QED) is 0.554. The van der Waals surface area contributed by atoms with Crippen LogP contribution in [0.2, 0.25) is 0 Å². The maximum Gasteiger partial charge on any atom is 0.363 e. The molecule has 6 heteroatoms. The number of nitrogens with one attached hydrogen (secondary N) is 1. The smallest absolute Gasteiger partial charge is 0.363 e. The summed E-state index contributed by atoms with van der Waals surface area (Å²) >= 11 is 0. The van der Waals surface area contributed by atoms with Crippen molar-refractivity contribution in [1.29, 1.82) is 0 Å². The van der Waals surface area contributed by atoms with Crippen molar-refractivity contribution in [2.45, 2.75) is 38.1 Å². The van der Waals surface area contributed by atoms with Crippen molar-refractivity contribution in [2.75, 3.05) is 10.4 Å². The first-order valence-electron chi connectivity index (χ1n) is 10.2. The van der Waals surface area contributed by atoms with Crippen LogP contribution in [0.5, 0.6) is 0 Å². The third-order valence-corrected chi connectivity index (χ3v) is 5.24. The molecule has 6 nitrogen and oxygen atoms in total. The fraction of sp³-hybridized carbons (Fsp3) is 0.250. The maximum absolute atomic E-state index is 12.7. The molecule has 154 valence electrons. The van der Waals surface area contributed by atoms with E-state index in [-0.39, 0.29) is 17.9 Å². The molecule has 1 saturated carbocycles. The lowest BCUT2D eigenvalue weighted by molar-refractivity contribution is 0.0378. The number of hydroxylamine groups is 1. The van der Waals surface area contributed by atoms with Gasteiger partial charge in [0.05, 0.1) is 23.6 Å². The number of hydrogen-bond donors (Lipinski definition) is 1. The summed E-state index contributed by atoms with van der Waals surface area (Å²) in [5.74, 6) is -0.257. The van der Waals surface area contributed by atoms with Crippen molar-refractivity contribution in [3.63, 3.8) is 0 Å². The number of nitrogens with zero attached hydrogens (tertiary/aromatic N) is 1. The third-order valence-electron chi connectivity index (χ3n) is 5.24. The van der Waals surface area contributed by atoms with Gasteiger partial charge in [-0.2, -0.15) is 0 Å². The van der Waals surface area contributed by atoms with Gasteiger partial charge in [0.15, 0.2) is 5.88 Å². The lowest BCUT2D eigenvalue weighted by atomic mass is 9.95. The minimum atomic E-state index is -0.388. The second-order valence-electron chi connectivity index (χ2n) is 7.34. The van der Waals surface area contributed by atoms with Gasteiger partial charge < -0.3 is 9.25 Å². The van der Waals surface area contributed by atoms with Gasteiger partial charge in [-0.05, 0) is 55.3 Å². The minimum absolute atomic E-state index is 0.120. The first kappa shape index (κ1) is 19.8. The molecule has 1 fully saturated rings. The van der Waals surface area contributed by atoms with Gasteiger partial charge in [-0.15, -0.1) is 0 Å². The Labute approximate surface area is 175 Å². The van der Waals surface area contributed by atoms with Crippen LogP contribution in [0.1, 0.15) is 52.8 Å². The Morgan fingerprint density at radius 1 is 0.867 bits per heavy atom. The molecule has 0 saturated heterocycles. The van der Waals surface area contributed by atoms with E-state index < -0.39 is 0 Å². The molecule has 4 rings (SSSR count). The molecule has 0 bridgehead atoms. The lowest BCUT2D eigenvalue weighted by Crippen LogP contribution is -2.38. The second kappa shape index (κ2) is 9.31. The molecular formula is C24H24N2O4. The highest BCUT2D eigenvalue weighted by atomic mass is 16.7. The van der Waals surface area contributed by atoms with E-state index in [2.05, 4.69) is 5.32 Å². The van der Waals surface area contributed by atoms with E-state index in [1.807, 2.05) is 30.3 Å². The van der Waals surface area contributed by atoms with Gasteiger partial charge in [0.2, 0.25) is 0 Å². The van der Waals surface area contributed by atoms with E-state index in [0.717, 1.165) is 31.4 Å². The Morgan fingerprint density at radius 2 is 1.60 bits per heavy atom. The zero-order valence-electron chi connectivity index (χ0n) is 16.6. The number of furan rings is 1. The van der Waals surface area contributed by atoms with Crippen LogP contribution in [-0.4, -0.2) is 17.9 Å². The monoisotopic (exact) mass is 404 g/mol. The van der Waals surface area contributed by atoms with Gasteiger partial charge in [-0.1, -0.05) is 37.5 Å². The van der Waals surface area contributed by atoms with Crippen LogP contribution in [0.4, 0.5) is 11.6 Å². The van der Waals surface area contributed by atoms with Gasteiger partial charge >= 0.3 is 5.97 Å². The molecule has 1 N–H and O–H groups in total. The fourth-order valence-electron chi connectivity index (χ4n) is 3.66. The molecule has 30 heavy (non-hydrogen) atoms. The van der Waals surface area contributed by atoms with Gasteiger partial charge in [-0.3, -0.25) is 10.1 Å². The van der Waals surface area contributed by atoms with E-state index in [0.29, 0.717) is 17.0 Å². The van der Waals surface area contributed by atoms with E-state index in [4.69, 9.17) is 9.25 Å². The zero-order chi connectivity index (χ0) is 20.8. The average molecular weight is 404 g/mol. The van der Waals surface area contributed by atoms with Crippen LogP contribution in [0, 0.1) is 0 Å².